The molecule has 4 heteroatoms. The Morgan fingerprint density at radius 1 is 1.09 bits per heavy atom. The zero-order valence-electron chi connectivity index (χ0n) is 13.5. The molecule has 0 aliphatic rings. The number of ether oxygens (including phenoxy) is 1. The highest BCUT2D eigenvalue weighted by atomic mass is 16.5. The Hall–Kier alpha value is -2.33. The van der Waals surface area contributed by atoms with Crippen LogP contribution < -0.4 is 10.1 Å². The molecule has 0 spiro atoms. The van der Waals surface area contributed by atoms with Gasteiger partial charge >= 0.3 is 0 Å². The molecule has 1 amide bonds. The van der Waals surface area contributed by atoms with E-state index in [1.54, 1.807) is 18.2 Å². The van der Waals surface area contributed by atoms with E-state index in [0.717, 1.165) is 5.56 Å². The Labute approximate surface area is 137 Å². The summed E-state index contributed by atoms with van der Waals surface area (Å²) in [6.07, 6.45) is -0.817. The van der Waals surface area contributed by atoms with Crippen LogP contribution in [-0.4, -0.2) is 17.6 Å². The Balaban J connectivity index is 1.97. The zero-order chi connectivity index (χ0) is 16.7. The van der Waals surface area contributed by atoms with Crippen molar-refractivity contribution in [3.63, 3.8) is 0 Å². The number of hydrogen-bond donors (Lipinski definition) is 2. The number of carbonyl (C=O) groups excluding carboxylic acids is 1. The maximum Gasteiger partial charge on any atom is 0.227 e. The molecule has 2 aromatic carbocycles. The standard InChI is InChI=1S/C19H23NO3/c1-14(2)13-23-18-11-7-6-10-16(18)20-19(22)12-17(21)15-8-4-3-5-9-15/h3-11,14,17,21H,12-13H2,1-2H3,(H,20,22). The number of hydrogen-bond acceptors (Lipinski definition) is 3. The third-order valence-corrected chi connectivity index (χ3v) is 3.30. The number of nitrogens with one attached hydrogen (secondary N) is 1. The second-order valence-corrected chi connectivity index (χ2v) is 5.88. The van der Waals surface area contributed by atoms with Crippen molar-refractivity contribution in [1.29, 1.82) is 0 Å². The van der Waals surface area contributed by atoms with Gasteiger partial charge in [0.05, 0.1) is 24.8 Å². The summed E-state index contributed by atoms with van der Waals surface area (Å²) in [6, 6.07) is 16.5. The van der Waals surface area contributed by atoms with Crippen molar-refractivity contribution in [2.45, 2.75) is 26.4 Å². The smallest absolute Gasteiger partial charge is 0.227 e. The van der Waals surface area contributed by atoms with Crippen molar-refractivity contribution in [2.75, 3.05) is 11.9 Å². The van der Waals surface area contributed by atoms with Gasteiger partial charge in [-0.25, -0.2) is 0 Å². The van der Waals surface area contributed by atoms with Crippen LogP contribution >= 0.6 is 0 Å². The second kappa shape index (κ2) is 8.34. The number of aliphatic hydroxyl groups excluding tert-OH is 1. The lowest BCUT2D eigenvalue weighted by Gasteiger charge is -2.15. The molecule has 0 saturated carbocycles. The molecule has 1 unspecified atom stereocenters. The summed E-state index contributed by atoms with van der Waals surface area (Å²) in [5, 5.41) is 12.9. The van der Waals surface area contributed by atoms with Crippen LogP contribution in [0.5, 0.6) is 5.75 Å². The minimum Gasteiger partial charge on any atom is -0.491 e. The Bertz CT molecular complexity index is 626. The molecule has 122 valence electrons. The lowest BCUT2D eigenvalue weighted by atomic mass is 10.1. The summed E-state index contributed by atoms with van der Waals surface area (Å²) in [5.74, 6) is 0.796. The van der Waals surface area contributed by atoms with E-state index in [1.165, 1.54) is 0 Å². The maximum absolute atomic E-state index is 12.2. The molecule has 0 saturated heterocycles. The van der Waals surface area contributed by atoms with E-state index < -0.39 is 6.10 Å². The number of aliphatic hydroxyl groups is 1. The number of para-hydroxylation sites is 2. The summed E-state index contributed by atoms with van der Waals surface area (Å²) >= 11 is 0. The highest BCUT2D eigenvalue weighted by molar-refractivity contribution is 5.92. The van der Waals surface area contributed by atoms with Gasteiger partial charge in [0.2, 0.25) is 5.91 Å². The molecular formula is C19H23NO3. The van der Waals surface area contributed by atoms with E-state index in [9.17, 15) is 9.90 Å². The molecular weight excluding hydrogens is 290 g/mol. The summed E-state index contributed by atoms with van der Waals surface area (Å²) < 4.78 is 5.71. The number of anilines is 1. The first kappa shape index (κ1) is 17.0. The average molecular weight is 313 g/mol. The lowest BCUT2D eigenvalue weighted by molar-refractivity contribution is -0.118. The fraction of sp³-hybridized carbons (Fsp3) is 0.316. The minimum absolute atomic E-state index is 0.00251. The summed E-state index contributed by atoms with van der Waals surface area (Å²) in [7, 11) is 0. The van der Waals surface area contributed by atoms with E-state index in [-0.39, 0.29) is 12.3 Å². The third kappa shape index (κ3) is 5.42. The van der Waals surface area contributed by atoms with Crippen molar-refractivity contribution in [2.24, 2.45) is 5.92 Å². The molecule has 2 N–H and O–H groups in total. The fourth-order valence-corrected chi connectivity index (χ4v) is 2.12. The Kier molecular flexibility index (Phi) is 6.18. The van der Waals surface area contributed by atoms with Crippen LogP contribution in [0.4, 0.5) is 5.69 Å². The fourth-order valence-electron chi connectivity index (χ4n) is 2.12. The van der Waals surface area contributed by atoms with Crippen LogP contribution in [0.25, 0.3) is 0 Å². The van der Waals surface area contributed by atoms with Gasteiger partial charge in [-0.05, 0) is 23.6 Å². The largest absolute Gasteiger partial charge is 0.491 e. The first-order chi connectivity index (χ1) is 11.1. The number of rotatable bonds is 7. The summed E-state index contributed by atoms with van der Waals surface area (Å²) in [6.45, 7) is 4.72. The van der Waals surface area contributed by atoms with E-state index in [0.29, 0.717) is 24.0 Å². The van der Waals surface area contributed by atoms with Crippen LogP contribution in [0.3, 0.4) is 0 Å². The van der Waals surface area contributed by atoms with E-state index in [4.69, 9.17) is 4.74 Å². The van der Waals surface area contributed by atoms with E-state index in [2.05, 4.69) is 19.2 Å². The number of carbonyl (C=O) groups is 1. The molecule has 0 heterocycles. The van der Waals surface area contributed by atoms with Crippen LogP contribution in [0.1, 0.15) is 31.9 Å². The van der Waals surface area contributed by atoms with Gasteiger partial charge in [-0.15, -0.1) is 0 Å². The molecule has 2 aromatic rings. The second-order valence-electron chi connectivity index (χ2n) is 5.88. The lowest BCUT2D eigenvalue weighted by Crippen LogP contribution is -2.16. The number of amides is 1. The van der Waals surface area contributed by atoms with Crippen LogP contribution in [-0.2, 0) is 4.79 Å². The van der Waals surface area contributed by atoms with Gasteiger partial charge in [0.25, 0.3) is 0 Å². The predicted molar refractivity (Wildman–Crippen MR) is 91.4 cm³/mol. The van der Waals surface area contributed by atoms with Gasteiger partial charge in [-0.3, -0.25) is 4.79 Å². The van der Waals surface area contributed by atoms with Crippen molar-refractivity contribution in [3.05, 3.63) is 60.2 Å². The molecule has 4 nitrogen and oxygen atoms in total. The van der Waals surface area contributed by atoms with Crippen molar-refractivity contribution >= 4 is 11.6 Å². The van der Waals surface area contributed by atoms with Crippen molar-refractivity contribution < 1.29 is 14.6 Å². The minimum atomic E-state index is -0.819. The van der Waals surface area contributed by atoms with Gasteiger partial charge in [0.15, 0.2) is 0 Å². The van der Waals surface area contributed by atoms with Crippen molar-refractivity contribution in [3.8, 4) is 5.75 Å². The molecule has 0 aliphatic heterocycles. The highest BCUT2D eigenvalue weighted by Gasteiger charge is 2.14. The summed E-state index contributed by atoms with van der Waals surface area (Å²) in [4.78, 5) is 12.2. The van der Waals surface area contributed by atoms with Gasteiger partial charge in [0.1, 0.15) is 5.75 Å². The van der Waals surface area contributed by atoms with Crippen LogP contribution in [0.2, 0.25) is 0 Å². The zero-order valence-corrected chi connectivity index (χ0v) is 13.5. The Morgan fingerprint density at radius 3 is 2.43 bits per heavy atom. The normalized spacial score (nSPS) is 12.0. The van der Waals surface area contributed by atoms with Gasteiger partial charge < -0.3 is 15.2 Å². The van der Waals surface area contributed by atoms with Gasteiger partial charge in [-0.1, -0.05) is 56.3 Å². The highest BCUT2D eigenvalue weighted by Crippen LogP contribution is 2.25. The first-order valence-corrected chi connectivity index (χ1v) is 7.81. The SMILES string of the molecule is CC(C)COc1ccccc1NC(=O)CC(O)c1ccccc1. The van der Waals surface area contributed by atoms with Crippen LogP contribution in [0, 0.1) is 5.92 Å². The quantitative estimate of drug-likeness (QED) is 0.818. The number of benzene rings is 2. The van der Waals surface area contributed by atoms with E-state index in [1.807, 2.05) is 36.4 Å². The van der Waals surface area contributed by atoms with Gasteiger partial charge in [-0.2, -0.15) is 0 Å². The molecule has 23 heavy (non-hydrogen) atoms. The van der Waals surface area contributed by atoms with Crippen LogP contribution in [0.15, 0.2) is 54.6 Å². The monoisotopic (exact) mass is 313 g/mol. The van der Waals surface area contributed by atoms with Gasteiger partial charge in [0, 0.05) is 0 Å². The van der Waals surface area contributed by atoms with Crippen molar-refractivity contribution in [1.82, 2.24) is 0 Å². The topological polar surface area (TPSA) is 58.6 Å². The predicted octanol–water partition coefficient (Wildman–Crippen LogP) is 3.78. The molecule has 0 bridgehead atoms. The third-order valence-electron chi connectivity index (χ3n) is 3.30. The molecule has 1 atom stereocenters. The Morgan fingerprint density at radius 2 is 1.74 bits per heavy atom. The first-order valence-electron chi connectivity index (χ1n) is 7.81. The maximum atomic E-state index is 12.2. The van der Waals surface area contributed by atoms with E-state index >= 15 is 0 Å². The molecule has 0 radical (unpaired) electrons. The molecule has 0 aliphatic carbocycles. The molecule has 0 aromatic heterocycles. The average Bonchev–Trinajstić information content (AvgIpc) is 2.54. The molecule has 2 rings (SSSR count). The molecule has 0 fully saturated rings. The summed E-state index contributed by atoms with van der Waals surface area (Å²) in [5.41, 5.74) is 1.35.